The van der Waals surface area contributed by atoms with Gasteiger partial charge in [-0.1, -0.05) is 24.6 Å². The molecule has 0 spiro atoms. The average molecular weight is 287 g/mol. The molecular formula is C18H25NO2. The van der Waals surface area contributed by atoms with Crippen LogP contribution in [0.4, 0.5) is 0 Å². The number of hydrogen-bond donors (Lipinski definition) is 0. The summed E-state index contributed by atoms with van der Waals surface area (Å²) in [6.07, 6.45) is 6.39. The first kappa shape index (κ1) is 15.6. The molecule has 0 aromatic heterocycles. The number of methoxy groups -OCH3 is 1. The van der Waals surface area contributed by atoms with E-state index in [2.05, 4.69) is 6.92 Å². The zero-order valence-electron chi connectivity index (χ0n) is 13.3. The minimum atomic E-state index is 0.0994. The van der Waals surface area contributed by atoms with Gasteiger partial charge >= 0.3 is 0 Å². The van der Waals surface area contributed by atoms with Crippen LogP contribution in [-0.4, -0.2) is 25.0 Å². The van der Waals surface area contributed by atoms with Crippen molar-refractivity contribution in [1.82, 2.24) is 4.90 Å². The quantitative estimate of drug-likeness (QED) is 0.789. The monoisotopic (exact) mass is 287 g/mol. The van der Waals surface area contributed by atoms with E-state index in [1.807, 2.05) is 37.4 Å². The predicted molar refractivity (Wildman–Crippen MR) is 85.2 cm³/mol. The molecule has 0 aliphatic heterocycles. The van der Waals surface area contributed by atoms with Gasteiger partial charge in [-0.05, 0) is 49.3 Å². The number of hydrogen-bond acceptors (Lipinski definition) is 2. The molecule has 1 saturated carbocycles. The second-order valence-electron chi connectivity index (χ2n) is 6.03. The summed E-state index contributed by atoms with van der Waals surface area (Å²) in [6.45, 7) is 2.89. The van der Waals surface area contributed by atoms with E-state index < -0.39 is 0 Å². The fraction of sp³-hybridized carbons (Fsp3) is 0.500. The average Bonchev–Trinajstić information content (AvgIpc) is 2.49. The Morgan fingerprint density at radius 1 is 1.38 bits per heavy atom. The summed E-state index contributed by atoms with van der Waals surface area (Å²) >= 11 is 0. The predicted octanol–water partition coefficient (Wildman–Crippen LogP) is 3.79. The van der Waals surface area contributed by atoms with Gasteiger partial charge in [0.15, 0.2) is 0 Å². The van der Waals surface area contributed by atoms with Crippen LogP contribution in [0.25, 0.3) is 0 Å². The van der Waals surface area contributed by atoms with Gasteiger partial charge in [0.2, 0.25) is 5.91 Å². The minimum absolute atomic E-state index is 0.0994. The molecule has 1 aliphatic rings. The number of nitrogens with zero attached hydrogens (tertiary/aromatic N) is 1. The second kappa shape index (κ2) is 7.30. The highest BCUT2D eigenvalue weighted by molar-refractivity contribution is 5.88. The molecule has 0 bridgehead atoms. The first-order chi connectivity index (χ1) is 10.1. The summed E-state index contributed by atoms with van der Waals surface area (Å²) in [4.78, 5) is 14.0. The Hall–Kier alpha value is -1.77. The SMILES string of the molecule is COc1cccc(CN(C)C(=O)C=C2CCC(C)CC2)c1. The first-order valence-electron chi connectivity index (χ1n) is 7.66. The number of carbonyl (C=O) groups excluding carboxylic acids is 1. The standard InChI is InChI=1S/C18H25NO2/c1-14-7-9-15(10-8-14)12-18(20)19(2)13-16-5-4-6-17(11-16)21-3/h4-6,11-12,14H,7-10,13H2,1-3H3. The molecule has 0 unspecified atom stereocenters. The molecule has 3 heteroatoms. The van der Waals surface area contributed by atoms with E-state index in [1.54, 1.807) is 12.0 Å². The molecule has 0 saturated heterocycles. The molecule has 1 aliphatic carbocycles. The van der Waals surface area contributed by atoms with Crippen LogP contribution >= 0.6 is 0 Å². The highest BCUT2D eigenvalue weighted by Crippen LogP contribution is 2.27. The number of likely N-dealkylation sites (N-methyl/N-ethyl adjacent to an activating group) is 1. The highest BCUT2D eigenvalue weighted by Gasteiger charge is 2.14. The Balaban J connectivity index is 1.94. The van der Waals surface area contributed by atoms with Crippen molar-refractivity contribution in [2.75, 3.05) is 14.2 Å². The van der Waals surface area contributed by atoms with Crippen LogP contribution in [0.3, 0.4) is 0 Å². The number of allylic oxidation sites excluding steroid dienone is 1. The Morgan fingerprint density at radius 3 is 2.76 bits per heavy atom. The summed E-state index contributed by atoms with van der Waals surface area (Å²) < 4.78 is 5.21. The van der Waals surface area contributed by atoms with Gasteiger partial charge in [-0.15, -0.1) is 0 Å². The van der Waals surface area contributed by atoms with E-state index in [4.69, 9.17) is 4.74 Å². The zero-order chi connectivity index (χ0) is 15.2. The third-order valence-corrected chi connectivity index (χ3v) is 4.17. The van der Waals surface area contributed by atoms with Crippen molar-refractivity contribution in [3.05, 3.63) is 41.5 Å². The minimum Gasteiger partial charge on any atom is -0.497 e. The fourth-order valence-corrected chi connectivity index (χ4v) is 2.68. The second-order valence-corrected chi connectivity index (χ2v) is 6.03. The molecule has 0 radical (unpaired) electrons. The summed E-state index contributed by atoms with van der Waals surface area (Å²) in [5, 5.41) is 0. The van der Waals surface area contributed by atoms with Gasteiger partial charge in [0.05, 0.1) is 7.11 Å². The van der Waals surface area contributed by atoms with Crippen molar-refractivity contribution in [3.63, 3.8) is 0 Å². The van der Waals surface area contributed by atoms with Crippen molar-refractivity contribution in [2.45, 2.75) is 39.2 Å². The maximum Gasteiger partial charge on any atom is 0.246 e. The summed E-state index contributed by atoms with van der Waals surface area (Å²) in [7, 11) is 3.51. The summed E-state index contributed by atoms with van der Waals surface area (Å²) in [5.41, 5.74) is 2.39. The van der Waals surface area contributed by atoms with Gasteiger partial charge in [0, 0.05) is 19.7 Å². The van der Waals surface area contributed by atoms with E-state index in [0.717, 1.165) is 30.1 Å². The smallest absolute Gasteiger partial charge is 0.246 e. The molecular weight excluding hydrogens is 262 g/mol. The maximum absolute atomic E-state index is 12.3. The van der Waals surface area contributed by atoms with E-state index >= 15 is 0 Å². The van der Waals surface area contributed by atoms with E-state index in [1.165, 1.54) is 18.4 Å². The normalized spacial score (nSPS) is 18.2. The third-order valence-electron chi connectivity index (χ3n) is 4.17. The number of amides is 1. The molecule has 1 aromatic carbocycles. The molecule has 1 amide bonds. The first-order valence-corrected chi connectivity index (χ1v) is 7.66. The Labute approximate surface area is 127 Å². The Morgan fingerprint density at radius 2 is 2.10 bits per heavy atom. The number of benzene rings is 1. The van der Waals surface area contributed by atoms with Crippen molar-refractivity contribution in [3.8, 4) is 5.75 Å². The maximum atomic E-state index is 12.3. The van der Waals surface area contributed by atoms with Crippen LogP contribution < -0.4 is 4.74 Å². The number of carbonyl (C=O) groups is 1. The largest absolute Gasteiger partial charge is 0.497 e. The molecule has 0 heterocycles. The molecule has 114 valence electrons. The Bertz CT molecular complexity index is 512. The van der Waals surface area contributed by atoms with E-state index in [0.29, 0.717) is 6.54 Å². The molecule has 1 fully saturated rings. The van der Waals surface area contributed by atoms with Gasteiger partial charge in [-0.25, -0.2) is 0 Å². The van der Waals surface area contributed by atoms with Crippen molar-refractivity contribution >= 4 is 5.91 Å². The zero-order valence-corrected chi connectivity index (χ0v) is 13.3. The molecule has 21 heavy (non-hydrogen) atoms. The lowest BCUT2D eigenvalue weighted by molar-refractivity contribution is -0.125. The van der Waals surface area contributed by atoms with Gasteiger partial charge in [-0.3, -0.25) is 4.79 Å². The fourth-order valence-electron chi connectivity index (χ4n) is 2.68. The topological polar surface area (TPSA) is 29.5 Å². The van der Waals surface area contributed by atoms with Crippen LogP contribution in [0.5, 0.6) is 5.75 Å². The van der Waals surface area contributed by atoms with Crippen LogP contribution in [-0.2, 0) is 11.3 Å². The Kier molecular flexibility index (Phi) is 5.43. The molecule has 1 aromatic rings. The third kappa shape index (κ3) is 4.62. The molecule has 0 N–H and O–H groups in total. The van der Waals surface area contributed by atoms with Crippen LogP contribution in [0.15, 0.2) is 35.9 Å². The van der Waals surface area contributed by atoms with Gasteiger partial charge in [-0.2, -0.15) is 0 Å². The van der Waals surface area contributed by atoms with Crippen LogP contribution in [0.2, 0.25) is 0 Å². The van der Waals surface area contributed by atoms with Crippen LogP contribution in [0.1, 0.15) is 38.2 Å². The number of ether oxygens (including phenoxy) is 1. The lowest BCUT2D eigenvalue weighted by Gasteiger charge is -2.21. The molecule has 0 atom stereocenters. The molecule has 2 rings (SSSR count). The highest BCUT2D eigenvalue weighted by atomic mass is 16.5. The molecule has 3 nitrogen and oxygen atoms in total. The van der Waals surface area contributed by atoms with Gasteiger partial charge in [0.25, 0.3) is 0 Å². The van der Waals surface area contributed by atoms with Gasteiger partial charge in [0.1, 0.15) is 5.75 Å². The van der Waals surface area contributed by atoms with Gasteiger partial charge < -0.3 is 9.64 Å². The van der Waals surface area contributed by atoms with E-state index in [-0.39, 0.29) is 5.91 Å². The van der Waals surface area contributed by atoms with E-state index in [9.17, 15) is 4.79 Å². The van der Waals surface area contributed by atoms with Crippen molar-refractivity contribution in [2.24, 2.45) is 5.92 Å². The number of rotatable bonds is 4. The summed E-state index contributed by atoms with van der Waals surface area (Å²) in [5.74, 6) is 1.72. The van der Waals surface area contributed by atoms with Crippen LogP contribution in [0, 0.1) is 5.92 Å². The lowest BCUT2D eigenvalue weighted by Crippen LogP contribution is -2.25. The lowest BCUT2D eigenvalue weighted by atomic mass is 9.87. The summed E-state index contributed by atoms with van der Waals surface area (Å²) in [6, 6.07) is 7.85. The van der Waals surface area contributed by atoms with Crippen molar-refractivity contribution < 1.29 is 9.53 Å². The van der Waals surface area contributed by atoms with Crippen molar-refractivity contribution in [1.29, 1.82) is 0 Å².